The van der Waals surface area contributed by atoms with Gasteiger partial charge in [-0.1, -0.05) is 77.2 Å². The summed E-state index contributed by atoms with van der Waals surface area (Å²) in [5, 5.41) is 0. The van der Waals surface area contributed by atoms with Gasteiger partial charge in [-0.2, -0.15) is 0 Å². The van der Waals surface area contributed by atoms with E-state index in [2.05, 4.69) is 6.92 Å². The van der Waals surface area contributed by atoms with E-state index in [1.54, 1.807) is 0 Å². The van der Waals surface area contributed by atoms with Gasteiger partial charge in [0, 0.05) is 0 Å². The molecule has 1 rings (SSSR count). The Morgan fingerprint density at radius 1 is 0.880 bits per heavy atom. The standard InChI is InChI=1S/C21H32F2O2/c1-3-4-5-6-7-8-9-10-11-12-13-16-25-21(24)19-18(22)15-14-17(2)20(19)23/h14-15H,3-13,16H2,1-2H3. The third kappa shape index (κ3) is 8.46. The number of ether oxygens (including phenoxy) is 1. The number of esters is 1. The molecule has 0 spiro atoms. The molecule has 0 saturated carbocycles. The van der Waals surface area contributed by atoms with Crippen LogP contribution in [-0.4, -0.2) is 12.6 Å². The van der Waals surface area contributed by atoms with E-state index < -0.39 is 23.2 Å². The molecule has 0 amide bonds. The van der Waals surface area contributed by atoms with Gasteiger partial charge < -0.3 is 4.74 Å². The summed E-state index contributed by atoms with van der Waals surface area (Å²) in [4.78, 5) is 11.8. The van der Waals surface area contributed by atoms with Crippen LogP contribution in [0.4, 0.5) is 8.78 Å². The second-order valence-electron chi connectivity index (χ2n) is 6.72. The van der Waals surface area contributed by atoms with Crippen molar-refractivity contribution < 1.29 is 18.3 Å². The molecule has 2 nitrogen and oxygen atoms in total. The largest absolute Gasteiger partial charge is 0.462 e. The molecule has 0 saturated heterocycles. The van der Waals surface area contributed by atoms with Crippen molar-refractivity contribution in [2.24, 2.45) is 0 Å². The van der Waals surface area contributed by atoms with Gasteiger partial charge in [-0.25, -0.2) is 13.6 Å². The van der Waals surface area contributed by atoms with Crippen LogP contribution < -0.4 is 0 Å². The lowest BCUT2D eigenvalue weighted by Gasteiger charge is -2.08. The maximum absolute atomic E-state index is 13.8. The average Bonchev–Trinajstić information content (AvgIpc) is 2.59. The summed E-state index contributed by atoms with van der Waals surface area (Å²) in [6, 6.07) is 2.41. The molecule has 0 aromatic heterocycles. The zero-order valence-electron chi connectivity index (χ0n) is 15.7. The molecule has 0 bridgehead atoms. The van der Waals surface area contributed by atoms with Crippen LogP contribution in [-0.2, 0) is 4.74 Å². The Labute approximate surface area is 151 Å². The number of unbranched alkanes of at least 4 members (excludes halogenated alkanes) is 10. The quantitative estimate of drug-likeness (QED) is 0.289. The molecular formula is C21H32F2O2. The lowest BCUT2D eigenvalue weighted by atomic mass is 10.1. The Hall–Kier alpha value is -1.45. The highest BCUT2D eigenvalue weighted by molar-refractivity contribution is 5.90. The molecule has 0 unspecified atom stereocenters. The average molecular weight is 354 g/mol. The first kappa shape index (κ1) is 21.6. The summed E-state index contributed by atoms with van der Waals surface area (Å²) in [5.41, 5.74) is -0.342. The Balaban J connectivity index is 2.07. The van der Waals surface area contributed by atoms with E-state index >= 15 is 0 Å². The van der Waals surface area contributed by atoms with E-state index in [9.17, 15) is 13.6 Å². The third-order valence-electron chi connectivity index (χ3n) is 4.47. The van der Waals surface area contributed by atoms with Crippen LogP contribution in [0.3, 0.4) is 0 Å². The molecule has 0 atom stereocenters. The zero-order chi connectivity index (χ0) is 18.5. The van der Waals surface area contributed by atoms with E-state index in [1.807, 2.05) is 0 Å². The van der Waals surface area contributed by atoms with Gasteiger partial charge in [0.1, 0.15) is 17.2 Å². The molecule has 0 radical (unpaired) electrons. The van der Waals surface area contributed by atoms with Crippen LogP contribution in [0.5, 0.6) is 0 Å². The van der Waals surface area contributed by atoms with Crippen LogP contribution in [0.15, 0.2) is 12.1 Å². The molecule has 25 heavy (non-hydrogen) atoms. The van der Waals surface area contributed by atoms with E-state index in [0.29, 0.717) is 0 Å². The van der Waals surface area contributed by atoms with Crippen LogP contribution in [0, 0.1) is 18.6 Å². The number of halogens is 2. The monoisotopic (exact) mass is 354 g/mol. The maximum Gasteiger partial charge on any atom is 0.344 e. The van der Waals surface area contributed by atoms with Crippen LogP contribution in [0.2, 0.25) is 0 Å². The minimum atomic E-state index is -0.911. The van der Waals surface area contributed by atoms with E-state index in [0.717, 1.165) is 25.3 Å². The van der Waals surface area contributed by atoms with E-state index in [4.69, 9.17) is 4.74 Å². The summed E-state index contributed by atoms with van der Waals surface area (Å²) in [7, 11) is 0. The minimum Gasteiger partial charge on any atom is -0.462 e. The minimum absolute atomic E-state index is 0.211. The van der Waals surface area contributed by atoms with Crippen molar-refractivity contribution in [2.75, 3.05) is 6.61 Å². The molecule has 1 aromatic rings. The molecule has 1 aromatic carbocycles. The fourth-order valence-electron chi connectivity index (χ4n) is 2.85. The number of rotatable bonds is 13. The molecule has 0 heterocycles. The van der Waals surface area contributed by atoms with Gasteiger partial charge in [0.25, 0.3) is 0 Å². The highest BCUT2D eigenvalue weighted by Crippen LogP contribution is 2.17. The summed E-state index contributed by atoms with van der Waals surface area (Å²) >= 11 is 0. The van der Waals surface area contributed by atoms with Gasteiger partial charge in [-0.05, 0) is 25.0 Å². The predicted octanol–water partition coefficient (Wildman–Crippen LogP) is 6.74. The first-order valence-corrected chi connectivity index (χ1v) is 9.69. The molecule has 4 heteroatoms. The van der Waals surface area contributed by atoms with Gasteiger partial charge in [0.05, 0.1) is 6.61 Å². The fraction of sp³-hybridized carbons (Fsp3) is 0.667. The van der Waals surface area contributed by atoms with E-state index in [-0.39, 0.29) is 12.2 Å². The molecule has 0 aliphatic rings. The molecular weight excluding hydrogens is 322 g/mol. The first-order valence-electron chi connectivity index (χ1n) is 9.69. The summed E-state index contributed by atoms with van der Waals surface area (Å²) < 4.78 is 32.4. The predicted molar refractivity (Wildman–Crippen MR) is 97.8 cm³/mol. The number of carbonyl (C=O) groups excluding carboxylic acids is 1. The number of hydrogen-bond acceptors (Lipinski definition) is 2. The second-order valence-corrected chi connectivity index (χ2v) is 6.72. The van der Waals surface area contributed by atoms with Crippen molar-refractivity contribution in [1.82, 2.24) is 0 Å². The van der Waals surface area contributed by atoms with Crippen LogP contribution in [0.25, 0.3) is 0 Å². The molecule has 0 fully saturated rings. The number of aryl methyl sites for hydroxylation is 1. The van der Waals surface area contributed by atoms with Crippen molar-refractivity contribution in [2.45, 2.75) is 84.5 Å². The molecule has 0 N–H and O–H groups in total. The van der Waals surface area contributed by atoms with Gasteiger partial charge in [0.2, 0.25) is 0 Å². The topological polar surface area (TPSA) is 26.3 Å². The molecule has 142 valence electrons. The Morgan fingerprint density at radius 2 is 1.40 bits per heavy atom. The SMILES string of the molecule is CCCCCCCCCCCCCOC(=O)c1c(F)ccc(C)c1F. The number of carbonyl (C=O) groups is 1. The maximum atomic E-state index is 13.8. The van der Waals surface area contributed by atoms with Crippen molar-refractivity contribution >= 4 is 5.97 Å². The Morgan fingerprint density at radius 3 is 1.96 bits per heavy atom. The van der Waals surface area contributed by atoms with Gasteiger partial charge in [-0.3, -0.25) is 0 Å². The van der Waals surface area contributed by atoms with Crippen molar-refractivity contribution in [1.29, 1.82) is 0 Å². The van der Waals surface area contributed by atoms with Crippen LogP contribution >= 0.6 is 0 Å². The fourth-order valence-corrected chi connectivity index (χ4v) is 2.85. The smallest absolute Gasteiger partial charge is 0.344 e. The van der Waals surface area contributed by atoms with E-state index in [1.165, 1.54) is 64.4 Å². The summed E-state index contributed by atoms with van der Waals surface area (Å²) in [6.07, 6.45) is 13.2. The summed E-state index contributed by atoms with van der Waals surface area (Å²) in [6.45, 7) is 3.93. The van der Waals surface area contributed by atoms with Crippen molar-refractivity contribution in [3.8, 4) is 0 Å². The zero-order valence-corrected chi connectivity index (χ0v) is 15.7. The van der Waals surface area contributed by atoms with Crippen molar-refractivity contribution in [3.63, 3.8) is 0 Å². The highest BCUT2D eigenvalue weighted by Gasteiger charge is 2.20. The Bertz CT molecular complexity index is 515. The lowest BCUT2D eigenvalue weighted by molar-refractivity contribution is 0.0486. The molecule has 0 aliphatic carbocycles. The number of hydrogen-bond donors (Lipinski definition) is 0. The Kier molecular flexibility index (Phi) is 11.1. The summed E-state index contributed by atoms with van der Waals surface area (Å²) in [5.74, 6) is -2.61. The third-order valence-corrected chi connectivity index (χ3v) is 4.47. The highest BCUT2D eigenvalue weighted by atomic mass is 19.1. The first-order chi connectivity index (χ1) is 12.1. The number of benzene rings is 1. The molecule has 0 aliphatic heterocycles. The second kappa shape index (κ2) is 12.8. The van der Waals surface area contributed by atoms with Gasteiger partial charge in [0.15, 0.2) is 0 Å². The van der Waals surface area contributed by atoms with Crippen molar-refractivity contribution in [3.05, 3.63) is 34.9 Å². The lowest BCUT2D eigenvalue weighted by Crippen LogP contribution is -2.12. The van der Waals surface area contributed by atoms with Crippen LogP contribution in [0.1, 0.15) is 93.5 Å². The van der Waals surface area contributed by atoms with Gasteiger partial charge >= 0.3 is 5.97 Å². The van der Waals surface area contributed by atoms with Gasteiger partial charge in [-0.15, -0.1) is 0 Å². The normalized spacial score (nSPS) is 10.9.